The summed E-state index contributed by atoms with van der Waals surface area (Å²) < 4.78 is 43.7. The van der Waals surface area contributed by atoms with Crippen LogP contribution in [-0.4, -0.2) is 32.7 Å². The van der Waals surface area contributed by atoms with Crippen LogP contribution < -0.4 is 9.84 Å². The molecular weight excluding hydrogens is 329 g/mol. The summed E-state index contributed by atoms with van der Waals surface area (Å²) in [6.45, 7) is 0. The number of rotatable bonds is 3. The Kier molecular flexibility index (Phi) is 3.59. The number of aromatic carboxylic acids is 1. The zero-order valence-corrected chi connectivity index (χ0v) is 12.0. The van der Waals surface area contributed by atoms with Gasteiger partial charge in [-0.15, -0.1) is 5.10 Å². The van der Waals surface area contributed by atoms with Gasteiger partial charge in [0.15, 0.2) is 0 Å². The standard InChI is InChI=1S/C14H9F3N4O3/c1-24-8-4-2-7(3-5-8)9-6-10(11(22)23)21-13(18-9)19-12(20-21)14(15,16)17/h2-6H,1H3,(H,22,23)/p-1. The third-order valence-corrected chi connectivity index (χ3v) is 3.16. The van der Waals surface area contributed by atoms with Crippen LogP contribution in [0.25, 0.3) is 17.0 Å². The maximum absolute atomic E-state index is 12.7. The summed E-state index contributed by atoms with van der Waals surface area (Å²) in [4.78, 5) is 18.4. The summed E-state index contributed by atoms with van der Waals surface area (Å²) in [5.74, 6) is -3.11. The van der Waals surface area contributed by atoms with Crippen LogP contribution in [0.2, 0.25) is 0 Å². The molecule has 0 amide bonds. The van der Waals surface area contributed by atoms with Crippen LogP contribution in [0.4, 0.5) is 13.2 Å². The van der Waals surface area contributed by atoms with E-state index in [-0.39, 0.29) is 5.69 Å². The van der Waals surface area contributed by atoms with Crippen molar-refractivity contribution in [1.82, 2.24) is 19.6 Å². The van der Waals surface area contributed by atoms with Crippen molar-refractivity contribution in [3.8, 4) is 17.0 Å². The monoisotopic (exact) mass is 337 g/mol. The highest BCUT2D eigenvalue weighted by molar-refractivity contribution is 5.86. The molecule has 0 saturated carbocycles. The minimum atomic E-state index is -4.82. The zero-order chi connectivity index (χ0) is 17.5. The lowest BCUT2D eigenvalue weighted by molar-refractivity contribution is -0.255. The summed E-state index contributed by atoms with van der Waals surface area (Å²) in [6.07, 6.45) is -4.82. The molecule has 0 N–H and O–H groups in total. The quantitative estimate of drug-likeness (QED) is 0.713. The van der Waals surface area contributed by atoms with Gasteiger partial charge in [-0.25, -0.2) is 4.98 Å². The minimum Gasteiger partial charge on any atom is -0.543 e. The molecule has 0 aliphatic heterocycles. The third-order valence-electron chi connectivity index (χ3n) is 3.16. The van der Waals surface area contributed by atoms with Gasteiger partial charge in [-0.05, 0) is 30.3 Å². The Bertz CT molecular complexity index is 919. The number of methoxy groups -OCH3 is 1. The SMILES string of the molecule is COc1ccc(-c2cc(C(=O)[O-])n3nc(C(F)(F)F)nc3n2)cc1. The smallest absolute Gasteiger partial charge is 0.453 e. The van der Waals surface area contributed by atoms with E-state index in [0.29, 0.717) is 15.8 Å². The number of carbonyl (C=O) groups is 1. The summed E-state index contributed by atoms with van der Waals surface area (Å²) in [5.41, 5.74) is -0.00310. The summed E-state index contributed by atoms with van der Waals surface area (Å²) in [6, 6.07) is 7.43. The number of aromatic nitrogens is 4. The summed E-state index contributed by atoms with van der Waals surface area (Å²) in [5, 5.41) is 14.4. The molecule has 10 heteroatoms. The van der Waals surface area contributed by atoms with Crippen molar-refractivity contribution in [1.29, 1.82) is 0 Å². The number of nitrogens with zero attached hydrogens (tertiary/aromatic N) is 4. The van der Waals surface area contributed by atoms with Crippen LogP contribution in [0, 0.1) is 0 Å². The molecule has 0 radical (unpaired) electrons. The van der Waals surface area contributed by atoms with Gasteiger partial charge in [0.1, 0.15) is 5.75 Å². The highest BCUT2D eigenvalue weighted by Crippen LogP contribution is 2.27. The first kappa shape index (κ1) is 15.7. The molecule has 3 rings (SSSR count). The first-order valence-corrected chi connectivity index (χ1v) is 6.50. The molecule has 0 aliphatic carbocycles. The van der Waals surface area contributed by atoms with E-state index in [1.807, 2.05) is 0 Å². The van der Waals surface area contributed by atoms with Gasteiger partial charge in [0, 0.05) is 5.56 Å². The van der Waals surface area contributed by atoms with Crippen molar-refractivity contribution >= 4 is 11.7 Å². The number of halogens is 3. The fourth-order valence-electron chi connectivity index (χ4n) is 2.04. The van der Waals surface area contributed by atoms with Crippen molar-refractivity contribution in [3.05, 3.63) is 41.9 Å². The topological polar surface area (TPSA) is 92.4 Å². The number of alkyl halides is 3. The van der Waals surface area contributed by atoms with Crippen molar-refractivity contribution in [2.24, 2.45) is 0 Å². The van der Waals surface area contributed by atoms with Gasteiger partial charge in [-0.1, -0.05) is 0 Å². The Balaban J connectivity index is 2.20. The van der Waals surface area contributed by atoms with Crippen molar-refractivity contribution in [3.63, 3.8) is 0 Å². The number of fused-ring (bicyclic) bond motifs is 1. The molecule has 24 heavy (non-hydrogen) atoms. The third kappa shape index (κ3) is 2.73. The average Bonchev–Trinajstić information content (AvgIpc) is 2.98. The fourth-order valence-corrected chi connectivity index (χ4v) is 2.04. The van der Waals surface area contributed by atoms with Crippen LogP contribution in [0.15, 0.2) is 30.3 Å². The van der Waals surface area contributed by atoms with E-state index >= 15 is 0 Å². The summed E-state index contributed by atoms with van der Waals surface area (Å²) >= 11 is 0. The Morgan fingerprint density at radius 3 is 2.42 bits per heavy atom. The number of carboxylic acid groups (broad SMARTS) is 1. The Morgan fingerprint density at radius 2 is 1.88 bits per heavy atom. The van der Waals surface area contributed by atoms with E-state index in [1.54, 1.807) is 24.3 Å². The molecule has 0 spiro atoms. The number of benzene rings is 1. The van der Waals surface area contributed by atoms with Gasteiger partial charge in [0.05, 0.1) is 24.5 Å². The van der Waals surface area contributed by atoms with Crippen LogP contribution in [0.5, 0.6) is 5.75 Å². The second-order valence-electron chi connectivity index (χ2n) is 4.69. The molecule has 2 aromatic heterocycles. The fraction of sp³-hybridized carbons (Fsp3) is 0.143. The normalized spacial score (nSPS) is 11.7. The predicted molar refractivity (Wildman–Crippen MR) is 72.1 cm³/mol. The lowest BCUT2D eigenvalue weighted by Crippen LogP contribution is -2.26. The molecule has 0 saturated heterocycles. The van der Waals surface area contributed by atoms with E-state index in [1.165, 1.54) is 7.11 Å². The number of hydrogen-bond donors (Lipinski definition) is 0. The van der Waals surface area contributed by atoms with Crippen molar-refractivity contribution < 1.29 is 27.8 Å². The Labute approximate surface area is 132 Å². The molecule has 0 atom stereocenters. The van der Waals surface area contributed by atoms with Gasteiger partial charge < -0.3 is 14.6 Å². The maximum Gasteiger partial charge on any atom is 0.453 e. The van der Waals surface area contributed by atoms with Gasteiger partial charge in [-0.2, -0.15) is 22.7 Å². The van der Waals surface area contributed by atoms with E-state index in [9.17, 15) is 23.1 Å². The van der Waals surface area contributed by atoms with Crippen molar-refractivity contribution in [2.45, 2.75) is 6.18 Å². The first-order chi connectivity index (χ1) is 11.3. The van der Waals surface area contributed by atoms with Gasteiger partial charge in [0.2, 0.25) is 0 Å². The summed E-state index contributed by atoms with van der Waals surface area (Å²) in [7, 11) is 1.47. The molecule has 0 fully saturated rings. The van der Waals surface area contributed by atoms with Crippen molar-refractivity contribution in [2.75, 3.05) is 7.11 Å². The molecule has 2 heterocycles. The lowest BCUT2D eigenvalue weighted by Gasteiger charge is -2.08. The lowest BCUT2D eigenvalue weighted by atomic mass is 10.1. The second kappa shape index (κ2) is 5.48. The average molecular weight is 337 g/mol. The molecule has 0 unspecified atom stereocenters. The molecule has 0 aliphatic rings. The van der Waals surface area contributed by atoms with E-state index in [0.717, 1.165) is 6.07 Å². The maximum atomic E-state index is 12.7. The predicted octanol–water partition coefficient (Wildman–Crippen LogP) is 1.18. The molecule has 3 aromatic rings. The van der Waals surface area contributed by atoms with E-state index in [2.05, 4.69) is 15.1 Å². The highest BCUT2D eigenvalue weighted by atomic mass is 19.4. The molecule has 1 aromatic carbocycles. The molecule has 0 bridgehead atoms. The van der Waals surface area contributed by atoms with E-state index < -0.39 is 29.4 Å². The zero-order valence-electron chi connectivity index (χ0n) is 12.0. The Hall–Kier alpha value is -3.17. The Morgan fingerprint density at radius 1 is 1.21 bits per heavy atom. The number of carboxylic acids is 1. The molecule has 124 valence electrons. The van der Waals surface area contributed by atoms with Crippen LogP contribution >= 0.6 is 0 Å². The number of ether oxygens (including phenoxy) is 1. The largest absolute Gasteiger partial charge is 0.543 e. The first-order valence-electron chi connectivity index (χ1n) is 6.50. The second-order valence-corrected chi connectivity index (χ2v) is 4.69. The molecule has 7 nitrogen and oxygen atoms in total. The molecular formula is C14H8F3N4O3-. The highest BCUT2D eigenvalue weighted by Gasteiger charge is 2.37. The number of carbonyl (C=O) groups excluding carboxylic acids is 1. The van der Waals surface area contributed by atoms with Crippen LogP contribution in [0.3, 0.4) is 0 Å². The van der Waals surface area contributed by atoms with Gasteiger partial charge in [-0.3, -0.25) is 0 Å². The number of hydrogen-bond acceptors (Lipinski definition) is 6. The van der Waals surface area contributed by atoms with Crippen LogP contribution in [0.1, 0.15) is 16.3 Å². The van der Waals surface area contributed by atoms with E-state index in [4.69, 9.17) is 4.74 Å². The van der Waals surface area contributed by atoms with Gasteiger partial charge in [0.25, 0.3) is 11.6 Å². The van der Waals surface area contributed by atoms with Crippen LogP contribution in [-0.2, 0) is 6.18 Å². The minimum absolute atomic E-state index is 0.116. The van der Waals surface area contributed by atoms with Gasteiger partial charge >= 0.3 is 6.18 Å².